The number of H-pyrrole nitrogens is 1. The van der Waals surface area contributed by atoms with Gasteiger partial charge < -0.3 is 19.8 Å². The topological polar surface area (TPSA) is 93.3 Å². The fourth-order valence-electron chi connectivity index (χ4n) is 2.54. The van der Waals surface area contributed by atoms with E-state index in [2.05, 4.69) is 15.3 Å². The summed E-state index contributed by atoms with van der Waals surface area (Å²) in [4.78, 5) is 33.6. The predicted molar refractivity (Wildman–Crippen MR) is 109 cm³/mol. The number of nitrogens with zero attached hydrogens (tertiary/aromatic N) is 1. The average molecular weight is 406 g/mol. The number of rotatable bonds is 6. The lowest BCUT2D eigenvalue weighted by atomic mass is 10.2. The first-order chi connectivity index (χ1) is 12.9. The highest BCUT2D eigenvalue weighted by atomic mass is 32.2. The van der Waals surface area contributed by atoms with Gasteiger partial charge in [-0.25, -0.2) is 4.98 Å². The van der Waals surface area contributed by atoms with Crippen LogP contribution in [0.5, 0.6) is 11.5 Å². The van der Waals surface area contributed by atoms with E-state index in [1.807, 2.05) is 13.8 Å². The maximum atomic E-state index is 12.3. The summed E-state index contributed by atoms with van der Waals surface area (Å²) in [5, 5.41) is 3.83. The van der Waals surface area contributed by atoms with Crippen molar-refractivity contribution in [2.75, 3.05) is 25.3 Å². The summed E-state index contributed by atoms with van der Waals surface area (Å²) in [6.45, 7) is 3.87. The number of nitrogens with one attached hydrogen (secondary N) is 2. The Balaban J connectivity index is 1.73. The number of aryl methyl sites for hydroxylation is 2. The number of anilines is 1. The Bertz CT molecular complexity index is 1060. The average Bonchev–Trinajstić information content (AvgIpc) is 2.94. The monoisotopic (exact) mass is 405 g/mol. The molecule has 0 saturated carbocycles. The summed E-state index contributed by atoms with van der Waals surface area (Å²) in [5.41, 5.74) is 1.28. The number of methoxy groups -OCH3 is 2. The fraction of sp³-hybridized carbons (Fsp3) is 0.278. The first-order valence-electron chi connectivity index (χ1n) is 8.07. The molecule has 0 fully saturated rings. The lowest BCUT2D eigenvalue weighted by Gasteiger charge is -2.11. The molecule has 7 nitrogen and oxygen atoms in total. The van der Waals surface area contributed by atoms with Crippen molar-refractivity contribution in [3.63, 3.8) is 0 Å². The van der Waals surface area contributed by atoms with Crippen LogP contribution >= 0.6 is 23.1 Å². The first-order valence-corrected chi connectivity index (χ1v) is 9.87. The maximum Gasteiger partial charge on any atom is 0.260 e. The van der Waals surface area contributed by atoms with Crippen molar-refractivity contribution in [1.82, 2.24) is 9.97 Å². The van der Waals surface area contributed by atoms with Crippen molar-refractivity contribution in [2.24, 2.45) is 0 Å². The molecule has 9 heteroatoms. The van der Waals surface area contributed by atoms with Crippen LogP contribution in [0.4, 0.5) is 5.69 Å². The molecule has 0 bridgehead atoms. The van der Waals surface area contributed by atoms with E-state index in [1.165, 1.54) is 30.2 Å². The Kier molecular flexibility index (Phi) is 5.71. The second-order valence-electron chi connectivity index (χ2n) is 5.74. The Morgan fingerprint density at radius 2 is 2.07 bits per heavy atom. The number of carbonyl (C=O) groups excluding carboxylic acids is 1. The van der Waals surface area contributed by atoms with Crippen LogP contribution in [0.1, 0.15) is 10.4 Å². The Morgan fingerprint density at radius 3 is 2.78 bits per heavy atom. The van der Waals surface area contributed by atoms with Gasteiger partial charge in [0, 0.05) is 10.9 Å². The molecule has 0 saturated heterocycles. The zero-order valence-electron chi connectivity index (χ0n) is 15.3. The minimum absolute atomic E-state index is 0.0954. The number of amides is 1. The van der Waals surface area contributed by atoms with Crippen molar-refractivity contribution in [1.29, 1.82) is 0 Å². The molecule has 0 unspecified atom stereocenters. The summed E-state index contributed by atoms with van der Waals surface area (Å²) in [7, 11) is 3.08. The number of fused-ring (bicyclic) bond motifs is 1. The summed E-state index contributed by atoms with van der Waals surface area (Å²) in [6, 6.07) is 5.15. The third-order valence-electron chi connectivity index (χ3n) is 4.04. The van der Waals surface area contributed by atoms with Crippen LogP contribution in [-0.2, 0) is 4.79 Å². The van der Waals surface area contributed by atoms with Gasteiger partial charge in [-0.1, -0.05) is 11.8 Å². The quantitative estimate of drug-likeness (QED) is 0.483. The molecule has 3 aromatic rings. The summed E-state index contributed by atoms with van der Waals surface area (Å²) in [5.74, 6) is 0.996. The third-order valence-corrected chi connectivity index (χ3v) is 6.01. The van der Waals surface area contributed by atoms with Crippen molar-refractivity contribution < 1.29 is 14.3 Å². The predicted octanol–water partition coefficient (Wildman–Crippen LogP) is 3.35. The van der Waals surface area contributed by atoms with Crippen LogP contribution in [-0.4, -0.2) is 35.8 Å². The van der Waals surface area contributed by atoms with Gasteiger partial charge in [-0.15, -0.1) is 11.3 Å². The Morgan fingerprint density at radius 1 is 1.30 bits per heavy atom. The number of hydrogen-bond donors (Lipinski definition) is 2. The summed E-state index contributed by atoms with van der Waals surface area (Å²) in [6.07, 6.45) is 0. The van der Waals surface area contributed by atoms with Gasteiger partial charge in [0.25, 0.3) is 5.56 Å². The van der Waals surface area contributed by atoms with Gasteiger partial charge in [-0.3, -0.25) is 9.59 Å². The van der Waals surface area contributed by atoms with E-state index >= 15 is 0 Å². The van der Waals surface area contributed by atoms with Crippen molar-refractivity contribution in [3.8, 4) is 11.5 Å². The maximum absolute atomic E-state index is 12.3. The fourth-order valence-corrected chi connectivity index (χ4v) is 4.28. The zero-order valence-corrected chi connectivity index (χ0v) is 17.0. The van der Waals surface area contributed by atoms with E-state index in [1.54, 1.807) is 25.3 Å². The number of aromatic nitrogens is 2. The van der Waals surface area contributed by atoms with Crippen LogP contribution in [0.25, 0.3) is 10.2 Å². The smallest absolute Gasteiger partial charge is 0.260 e. The second-order valence-corrected chi connectivity index (χ2v) is 7.90. The van der Waals surface area contributed by atoms with E-state index in [0.717, 1.165) is 10.4 Å². The van der Waals surface area contributed by atoms with Gasteiger partial charge in [0.1, 0.15) is 16.3 Å². The largest absolute Gasteiger partial charge is 0.497 e. The summed E-state index contributed by atoms with van der Waals surface area (Å²) >= 11 is 2.65. The first kappa shape index (κ1) is 19.2. The highest BCUT2D eigenvalue weighted by Gasteiger charge is 2.14. The van der Waals surface area contributed by atoms with Crippen molar-refractivity contribution in [3.05, 3.63) is 39.0 Å². The van der Waals surface area contributed by atoms with Crippen LogP contribution in [0.3, 0.4) is 0 Å². The molecule has 2 heterocycles. The number of thiophene rings is 1. The third kappa shape index (κ3) is 4.09. The molecule has 2 aromatic heterocycles. The van der Waals surface area contributed by atoms with Crippen LogP contribution < -0.4 is 20.3 Å². The molecule has 0 aliphatic carbocycles. The van der Waals surface area contributed by atoms with Crippen molar-refractivity contribution in [2.45, 2.75) is 19.0 Å². The minimum atomic E-state index is -0.243. The number of thioether (sulfide) groups is 1. The molecule has 0 radical (unpaired) electrons. The number of hydrogen-bond acceptors (Lipinski definition) is 7. The molecule has 0 aliphatic heterocycles. The molecule has 3 rings (SSSR count). The van der Waals surface area contributed by atoms with E-state index in [-0.39, 0.29) is 17.2 Å². The minimum Gasteiger partial charge on any atom is -0.497 e. The van der Waals surface area contributed by atoms with Gasteiger partial charge in [-0.2, -0.15) is 0 Å². The highest BCUT2D eigenvalue weighted by molar-refractivity contribution is 7.99. The second kappa shape index (κ2) is 8.01. The molecule has 1 amide bonds. The molecule has 1 aromatic carbocycles. The van der Waals surface area contributed by atoms with E-state index in [4.69, 9.17) is 9.47 Å². The van der Waals surface area contributed by atoms with Gasteiger partial charge in [-0.05, 0) is 31.5 Å². The molecular weight excluding hydrogens is 386 g/mol. The van der Waals surface area contributed by atoms with Gasteiger partial charge in [0.2, 0.25) is 5.91 Å². The highest BCUT2D eigenvalue weighted by Crippen LogP contribution is 2.30. The normalized spacial score (nSPS) is 10.8. The summed E-state index contributed by atoms with van der Waals surface area (Å²) < 4.78 is 10.4. The van der Waals surface area contributed by atoms with Crippen LogP contribution in [0.2, 0.25) is 0 Å². The van der Waals surface area contributed by atoms with E-state index in [9.17, 15) is 9.59 Å². The van der Waals surface area contributed by atoms with Gasteiger partial charge in [0.15, 0.2) is 5.16 Å². The number of carbonyl (C=O) groups is 1. The number of benzene rings is 1. The Hall–Kier alpha value is -2.52. The molecule has 142 valence electrons. The standard InChI is InChI=1S/C18H19N3O4S2/c1-9-10(2)27-17-15(9)16(23)20-18(21-17)26-8-14(22)19-12-7-11(24-3)5-6-13(12)25-4/h5-7H,8H2,1-4H3,(H,19,22)(H,20,21,23). The van der Waals surface area contributed by atoms with Crippen molar-refractivity contribution >= 4 is 44.9 Å². The lowest BCUT2D eigenvalue weighted by Crippen LogP contribution is -2.16. The molecular formula is C18H19N3O4S2. The molecule has 0 atom stereocenters. The number of ether oxygens (including phenoxy) is 2. The Labute approximate surface area is 164 Å². The lowest BCUT2D eigenvalue weighted by molar-refractivity contribution is -0.113. The zero-order chi connectivity index (χ0) is 19.6. The van der Waals surface area contributed by atoms with Crippen LogP contribution in [0, 0.1) is 13.8 Å². The molecule has 0 aliphatic rings. The van der Waals surface area contributed by atoms with Gasteiger partial charge in [0.05, 0.1) is 31.0 Å². The molecule has 27 heavy (non-hydrogen) atoms. The van der Waals surface area contributed by atoms with E-state index in [0.29, 0.717) is 32.6 Å². The van der Waals surface area contributed by atoms with Gasteiger partial charge >= 0.3 is 0 Å². The van der Waals surface area contributed by atoms with Crippen LogP contribution in [0.15, 0.2) is 28.2 Å². The van der Waals surface area contributed by atoms with E-state index < -0.39 is 0 Å². The molecule has 0 spiro atoms. The molecule has 2 N–H and O–H groups in total. The SMILES string of the molecule is COc1ccc(OC)c(NC(=O)CSc2nc3sc(C)c(C)c3c(=O)[nH]2)c1. The number of aromatic amines is 1.